The van der Waals surface area contributed by atoms with Gasteiger partial charge in [-0.3, -0.25) is 5.32 Å². The highest BCUT2D eigenvalue weighted by atomic mass is 19.2. The molecule has 2 aromatic rings. The molecule has 1 aliphatic rings. The minimum atomic E-state index is -1.18. The lowest BCUT2D eigenvalue weighted by Crippen LogP contribution is -2.41. The molecule has 0 saturated carbocycles. The van der Waals surface area contributed by atoms with Gasteiger partial charge in [-0.25, -0.2) is 13.6 Å². The Bertz CT molecular complexity index is 858. The van der Waals surface area contributed by atoms with E-state index in [4.69, 9.17) is 14.0 Å². The fourth-order valence-corrected chi connectivity index (χ4v) is 2.69. The van der Waals surface area contributed by atoms with Crippen molar-refractivity contribution in [3.05, 3.63) is 59.7 Å². The summed E-state index contributed by atoms with van der Waals surface area (Å²) < 4.78 is 45.0. The summed E-state index contributed by atoms with van der Waals surface area (Å²) in [7, 11) is -0.888. The lowest BCUT2D eigenvalue weighted by molar-refractivity contribution is 0.00578. The summed E-state index contributed by atoms with van der Waals surface area (Å²) in [6, 6.07) is 11.3. The largest absolute Gasteiger partial charge is 0.495 e. The zero-order valence-corrected chi connectivity index (χ0v) is 16.2. The van der Waals surface area contributed by atoms with E-state index in [1.807, 2.05) is 33.8 Å². The summed E-state index contributed by atoms with van der Waals surface area (Å²) >= 11 is 0. The average Bonchev–Trinajstić information content (AvgIpc) is 2.85. The minimum absolute atomic E-state index is 0.00763. The van der Waals surface area contributed by atoms with E-state index in [0.717, 1.165) is 11.6 Å². The second-order valence-corrected chi connectivity index (χ2v) is 7.64. The highest BCUT2D eigenvalue weighted by Gasteiger charge is 2.52. The van der Waals surface area contributed by atoms with Crippen LogP contribution in [0.15, 0.2) is 42.5 Å². The molecule has 5 nitrogen and oxygen atoms in total. The predicted molar refractivity (Wildman–Crippen MR) is 102 cm³/mol. The van der Waals surface area contributed by atoms with Crippen LogP contribution in [0, 0.1) is 11.6 Å². The van der Waals surface area contributed by atoms with Gasteiger partial charge in [0.1, 0.15) is 6.61 Å². The number of benzene rings is 2. The van der Waals surface area contributed by atoms with E-state index in [0.29, 0.717) is 0 Å². The van der Waals surface area contributed by atoms with Crippen molar-refractivity contribution in [2.45, 2.75) is 45.5 Å². The second kappa shape index (κ2) is 7.52. The number of nitrogens with one attached hydrogen (secondary N) is 1. The van der Waals surface area contributed by atoms with Crippen LogP contribution in [0.25, 0.3) is 0 Å². The van der Waals surface area contributed by atoms with Gasteiger partial charge < -0.3 is 14.0 Å². The maximum atomic E-state index is 14.2. The summed E-state index contributed by atoms with van der Waals surface area (Å²) in [6.45, 7) is 7.42. The summed E-state index contributed by atoms with van der Waals surface area (Å²) in [5, 5.41) is 2.24. The SMILES string of the molecule is CC1(C)OB(c2cc(F)c(F)c(NC(=O)OCc3ccccc3)c2)OC1(C)C. The molecule has 148 valence electrons. The standard InChI is InChI=1S/C20H22BF2NO4/c1-19(2)20(3,4)28-21(27-19)14-10-15(22)17(23)16(11-14)24-18(25)26-12-13-8-6-5-7-9-13/h5-11H,12H2,1-4H3,(H,24,25). The van der Waals surface area contributed by atoms with Crippen molar-refractivity contribution >= 4 is 24.4 Å². The van der Waals surface area contributed by atoms with Crippen molar-refractivity contribution in [2.75, 3.05) is 5.32 Å². The van der Waals surface area contributed by atoms with E-state index in [1.54, 1.807) is 24.3 Å². The van der Waals surface area contributed by atoms with E-state index in [1.165, 1.54) is 6.07 Å². The first-order chi connectivity index (χ1) is 13.1. The first-order valence-electron chi connectivity index (χ1n) is 8.91. The average molecular weight is 389 g/mol. The lowest BCUT2D eigenvalue weighted by Gasteiger charge is -2.32. The Kier molecular flexibility index (Phi) is 5.45. The highest BCUT2D eigenvalue weighted by molar-refractivity contribution is 6.62. The molecule has 3 rings (SSSR count). The molecule has 0 aliphatic carbocycles. The molecule has 8 heteroatoms. The van der Waals surface area contributed by atoms with Gasteiger partial charge >= 0.3 is 13.2 Å². The van der Waals surface area contributed by atoms with Gasteiger partial charge in [-0.2, -0.15) is 0 Å². The first kappa shape index (κ1) is 20.3. The molecular formula is C20H22BF2NO4. The summed E-state index contributed by atoms with van der Waals surface area (Å²) in [4.78, 5) is 12.0. The topological polar surface area (TPSA) is 56.8 Å². The Balaban J connectivity index is 1.74. The van der Waals surface area contributed by atoms with Gasteiger partial charge in [0, 0.05) is 0 Å². The molecule has 0 atom stereocenters. The molecule has 28 heavy (non-hydrogen) atoms. The number of amides is 1. The van der Waals surface area contributed by atoms with Crippen LogP contribution in [0.4, 0.5) is 19.3 Å². The fourth-order valence-electron chi connectivity index (χ4n) is 2.69. The third-order valence-corrected chi connectivity index (χ3v) is 5.03. The Morgan fingerprint density at radius 1 is 1.07 bits per heavy atom. The Labute approximate surface area is 163 Å². The van der Waals surface area contributed by atoms with Crippen LogP contribution in [0.1, 0.15) is 33.3 Å². The Morgan fingerprint density at radius 2 is 1.68 bits per heavy atom. The summed E-state index contributed by atoms with van der Waals surface area (Å²) in [5.41, 5.74) is -0.580. The Morgan fingerprint density at radius 3 is 2.29 bits per heavy atom. The van der Waals surface area contributed by atoms with Crippen molar-refractivity contribution in [1.82, 2.24) is 0 Å². The van der Waals surface area contributed by atoms with Crippen LogP contribution in [-0.2, 0) is 20.7 Å². The van der Waals surface area contributed by atoms with Gasteiger partial charge in [0.25, 0.3) is 0 Å². The number of hydrogen-bond acceptors (Lipinski definition) is 4. The van der Waals surface area contributed by atoms with Gasteiger partial charge in [-0.15, -0.1) is 0 Å². The maximum absolute atomic E-state index is 14.2. The van der Waals surface area contributed by atoms with E-state index in [9.17, 15) is 13.6 Å². The number of rotatable bonds is 4. The van der Waals surface area contributed by atoms with Crippen LogP contribution in [0.3, 0.4) is 0 Å². The zero-order valence-electron chi connectivity index (χ0n) is 16.2. The molecule has 1 saturated heterocycles. The number of halogens is 2. The maximum Gasteiger partial charge on any atom is 0.495 e. The summed E-state index contributed by atoms with van der Waals surface area (Å²) in [6.07, 6.45) is -0.895. The molecule has 2 aromatic carbocycles. The lowest BCUT2D eigenvalue weighted by atomic mass is 9.79. The smallest absolute Gasteiger partial charge is 0.444 e. The van der Waals surface area contributed by atoms with Gasteiger partial charge in [0.05, 0.1) is 16.9 Å². The van der Waals surface area contributed by atoms with E-state index in [-0.39, 0.29) is 17.8 Å². The third kappa shape index (κ3) is 4.18. The van der Waals surface area contributed by atoms with Crippen molar-refractivity contribution < 1.29 is 27.6 Å². The molecule has 1 fully saturated rings. The quantitative estimate of drug-likeness (QED) is 0.803. The van der Waals surface area contributed by atoms with E-state index in [2.05, 4.69) is 5.32 Å². The fraction of sp³-hybridized carbons (Fsp3) is 0.350. The molecule has 1 amide bonds. The van der Waals surface area contributed by atoms with Crippen LogP contribution < -0.4 is 10.8 Å². The van der Waals surface area contributed by atoms with Crippen molar-refractivity contribution in [2.24, 2.45) is 0 Å². The monoisotopic (exact) mass is 389 g/mol. The third-order valence-electron chi connectivity index (χ3n) is 5.03. The zero-order chi connectivity index (χ0) is 20.5. The van der Waals surface area contributed by atoms with Crippen LogP contribution in [-0.4, -0.2) is 24.4 Å². The number of hydrogen-bond donors (Lipinski definition) is 1. The molecule has 0 radical (unpaired) electrons. The molecule has 1 N–H and O–H groups in total. The van der Waals surface area contributed by atoms with Gasteiger partial charge in [-0.1, -0.05) is 30.3 Å². The van der Waals surface area contributed by atoms with E-state index >= 15 is 0 Å². The Hall–Kier alpha value is -2.45. The molecular weight excluding hydrogens is 367 g/mol. The van der Waals surface area contributed by atoms with Crippen LogP contribution >= 0.6 is 0 Å². The molecule has 0 unspecified atom stereocenters. The number of anilines is 1. The van der Waals surface area contributed by atoms with Crippen LogP contribution in [0.2, 0.25) is 0 Å². The van der Waals surface area contributed by atoms with Crippen molar-refractivity contribution in [3.8, 4) is 0 Å². The van der Waals surface area contributed by atoms with Crippen LogP contribution in [0.5, 0.6) is 0 Å². The van der Waals surface area contributed by atoms with Crippen molar-refractivity contribution in [1.29, 1.82) is 0 Å². The van der Waals surface area contributed by atoms with Crippen molar-refractivity contribution in [3.63, 3.8) is 0 Å². The predicted octanol–water partition coefficient (Wildman–Crippen LogP) is 4.01. The second-order valence-electron chi connectivity index (χ2n) is 7.64. The highest BCUT2D eigenvalue weighted by Crippen LogP contribution is 2.36. The molecule has 0 spiro atoms. The number of carbonyl (C=O) groups is 1. The summed E-state index contributed by atoms with van der Waals surface area (Å²) in [5.74, 6) is -2.30. The number of carbonyl (C=O) groups excluding carboxylic acids is 1. The molecule has 0 bridgehead atoms. The molecule has 1 heterocycles. The minimum Gasteiger partial charge on any atom is -0.444 e. The molecule has 0 aromatic heterocycles. The van der Waals surface area contributed by atoms with Gasteiger partial charge in [0.15, 0.2) is 11.6 Å². The number of ether oxygens (including phenoxy) is 1. The van der Waals surface area contributed by atoms with Gasteiger partial charge in [-0.05, 0) is 50.9 Å². The normalized spacial score (nSPS) is 17.4. The molecule has 1 aliphatic heterocycles. The first-order valence-corrected chi connectivity index (χ1v) is 8.91. The van der Waals surface area contributed by atoms with Gasteiger partial charge in [0.2, 0.25) is 0 Å². The van der Waals surface area contributed by atoms with E-state index < -0.39 is 36.0 Å².